The molecule has 17 heavy (non-hydrogen) atoms. The number of Topliss-reactive ketones (excluding diaryl/α,β-unsaturated/α-hetero) is 1. The van der Waals surface area contributed by atoms with E-state index in [9.17, 15) is 9.59 Å². The Hall–Kier alpha value is -1.64. The molecular formula is C14H18O3. The molecule has 0 aliphatic rings. The maximum Gasteiger partial charge on any atom is 0.338 e. The molecular weight excluding hydrogens is 216 g/mol. The summed E-state index contributed by atoms with van der Waals surface area (Å²) in [5, 5.41) is 0. The van der Waals surface area contributed by atoms with Crippen molar-refractivity contribution < 1.29 is 14.3 Å². The molecule has 0 unspecified atom stereocenters. The third-order valence-corrected chi connectivity index (χ3v) is 2.80. The summed E-state index contributed by atoms with van der Waals surface area (Å²) in [5.41, 5.74) is 0.973. The molecule has 1 rings (SSSR count). The molecule has 0 fully saturated rings. The van der Waals surface area contributed by atoms with Crippen molar-refractivity contribution in [1.29, 1.82) is 0 Å². The van der Waals surface area contributed by atoms with Crippen LogP contribution in [0.25, 0.3) is 0 Å². The zero-order valence-electron chi connectivity index (χ0n) is 10.7. The third kappa shape index (κ3) is 3.70. The molecule has 0 atom stereocenters. The first-order valence-corrected chi connectivity index (χ1v) is 5.58. The number of benzene rings is 1. The molecule has 0 aliphatic carbocycles. The van der Waals surface area contributed by atoms with E-state index in [4.69, 9.17) is 4.74 Å². The van der Waals surface area contributed by atoms with Crippen LogP contribution in [0, 0.1) is 12.3 Å². The van der Waals surface area contributed by atoms with Crippen LogP contribution in [0.1, 0.15) is 36.7 Å². The lowest BCUT2D eigenvalue weighted by molar-refractivity contribution is -0.126. The predicted molar refractivity (Wildman–Crippen MR) is 65.9 cm³/mol. The molecule has 1 aromatic carbocycles. The number of ketones is 1. The molecule has 0 bridgehead atoms. The first kappa shape index (κ1) is 13.4. The fraction of sp³-hybridized carbons (Fsp3) is 0.429. The van der Waals surface area contributed by atoms with Gasteiger partial charge in [-0.1, -0.05) is 17.7 Å². The molecule has 92 valence electrons. The highest BCUT2D eigenvalue weighted by Gasteiger charge is 2.25. The molecule has 0 aromatic heterocycles. The van der Waals surface area contributed by atoms with Gasteiger partial charge in [0.25, 0.3) is 0 Å². The van der Waals surface area contributed by atoms with Gasteiger partial charge in [0.05, 0.1) is 11.0 Å². The molecule has 0 aliphatic heterocycles. The Morgan fingerprint density at radius 1 is 1.18 bits per heavy atom. The lowest BCUT2D eigenvalue weighted by atomic mass is 9.90. The maximum atomic E-state index is 11.7. The number of aryl methyl sites for hydroxylation is 1. The van der Waals surface area contributed by atoms with Crippen LogP contribution < -0.4 is 0 Å². The monoisotopic (exact) mass is 234 g/mol. The number of hydrogen-bond donors (Lipinski definition) is 0. The van der Waals surface area contributed by atoms with Gasteiger partial charge in [-0.25, -0.2) is 4.79 Å². The Morgan fingerprint density at radius 3 is 2.18 bits per heavy atom. The summed E-state index contributed by atoms with van der Waals surface area (Å²) < 4.78 is 5.13. The van der Waals surface area contributed by atoms with Crippen LogP contribution in [0.4, 0.5) is 0 Å². The highest BCUT2D eigenvalue weighted by molar-refractivity contribution is 5.90. The summed E-state index contributed by atoms with van der Waals surface area (Å²) in [5.74, 6) is -0.381. The summed E-state index contributed by atoms with van der Waals surface area (Å²) in [6, 6.07) is 7.15. The van der Waals surface area contributed by atoms with Gasteiger partial charge in [0, 0.05) is 0 Å². The zero-order chi connectivity index (χ0) is 13.1. The van der Waals surface area contributed by atoms with Crippen molar-refractivity contribution in [2.45, 2.75) is 27.7 Å². The summed E-state index contributed by atoms with van der Waals surface area (Å²) in [6.45, 7) is 7.08. The largest absolute Gasteiger partial charge is 0.461 e. The summed E-state index contributed by atoms with van der Waals surface area (Å²) in [4.78, 5) is 23.0. The standard InChI is InChI=1S/C14H18O3/c1-10-5-7-12(8-6-10)13(16)17-9-14(3,4)11(2)15/h5-8H,9H2,1-4H3. The van der Waals surface area contributed by atoms with Crippen LogP contribution in [0.15, 0.2) is 24.3 Å². The van der Waals surface area contributed by atoms with Crippen molar-refractivity contribution in [3.05, 3.63) is 35.4 Å². The number of carbonyl (C=O) groups is 2. The van der Waals surface area contributed by atoms with E-state index in [-0.39, 0.29) is 18.4 Å². The van der Waals surface area contributed by atoms with Gasteiger partial charge in [0.1, 0.15) is 12.4 Å². The average molecular weight is 234 g/mol. The zero-order valence-corrected chi connectivity index (χ0v) is 10.7. The van der Waals surface area contributed by atoms with E-state index in [1.165, 1.54) is 6.92 Å². The quantitative estimate of drug-likeness (QED) is 0.752. The van der Waals surface area contributed by atoms with Crippen molar-refractivity contribution in [2.75, 3.05) is 6.61 Å². The van der Waals surface area contributed by atoms with E-state index in [1.807, 2.05) is 19.1 Å². The van der Waals surface area contributed by atoms with Gasteiger partial charge in [-0.05, 0) is 39.8 Å². The van der Waals surface area contributed by atoms with Crippen molar-refractivity contribution >= 4 is 11.8 Å². The van der Waals surface area contributed by atoms with Crippen molar-refractivity contribution in [2.24, 2.45) is 5.41 Å². The second-order valence-electron chi connectivity index (χ2n) is 4.88. The normalized spacial score (nSPS) is 11.1. The van der Waals surface area contributed by atoms with E-state index >= 15 is 0 Å². The van der Waals surface area contributed by atoms with Gasteiger partial charge in [-0.3, -0.25) is 4.79 Å². The van der Waals surface area contributed by atoms with Gasteiger partial charge >= 0.3 is 5.97 Å². The average Bonchev–Trinajstić information content (AvgIpc) is 2.27. The molecule has 0 saturated heterocycles. The molecule has 0 amide bonds. The lowest BCUT2D eigenvalue weighted by Crippen LogP contribution is -2.28. The van der Waals surface area contributed by atoms with E-state index in [1.54, 1.807) is 26.0 Å². The Balaban J connectivity index is 2.62. The fourth-order valence-electron chi connectivity index (χ4n) is 1.12. The Bertz CT molecular complexity index is 416. The minimum atomic E-state index is -0.625. The minimum absolute atomic E-state index is 0.00852. The third-order valence-electron chi connectivity index (χ3n) is 2.80. The smallest absolute Gasteiger partial charge is 0.338 e. The number of rotatable bonds is 4. The van der Waals surface area contributed by atoms with Crippen LogP contribution >= 0.6 is 0 Å². The number of esters is 1. The van der Waals surface area contributed by atoms with Crippen molar-refractivity contribution in [3.63, 3.8) is 0 Å². The second-order valence-corrected chi connectivity index (χ2v) is 4.88. The van der Waals surface area contributed by atoms with Crippen LogP contribution in [0.2, 0.25) is 0 Å². The molecule has 0 N–H and O–H groups in total. The van der Waals surface area contributed by atoms with Crippen LogP contribution in [0.5, 0.6) is 0 Å². The Labute approximate surface area is 102 Å². The van der Waals surface area contributed by atoms with E-state index in [0.29, 0.717) is 5.56 Å². The summed E-state index contributed by atoms with van der Waals surface area (Å²) in [6.07, 6.45) is 0. The van der Waals surface area contributed by atoms with Gasteiger partial charge in [-0.2, -0.15) is 0 Å². The molecule has 0 saturated carbocycles. The minimum Gasteiger partial charge on any atom is -0.461 e. The van der Waals surface area contributed by atoms with Gasteiger partial charge < -0.3 is 4.74 Å². The van der Waals surface area contributed by atoms with Crippen molar-refractivity contribution in [3.8, 4) is 0 Å². The molecule has 3 heteroatoms. The highest BCUT2D eigenvalue weighted by atomic mass is 16.5. The number of hydrogen-bond acceptors (Lipinski definition) is 3. The van der Waals surface area contributed by atoms with Gasteiger partial charge in [0.15, 0.2) is 0 Å². The lowest BCUT2D eigenvalue weighted by Gasteiger charge is -2.20. The van der Waals surface area contributed by atoms with Crippen molar-refractivity contribution in [1.82, 2.24) is 0 Å². The first-order chi connectivity index (χ1) is 7.83. The molecule has 3 nitrogen and oxygen atoms in total. The maximum absolute atomic E-state index is 11.7. The highest BCUT2D eigenvalue weighted by Crippen LogP contribution is 2.17. The van der Waals surface area contributed by atoms with E-state index in [2.05, 4.69) is 0 Å². The first-order valence-electron chi connectivity index (χ1n) is 5.58. The Kier molecular flexibility index (Phi) is 4.05. The SMILES string of the molecule is CC(=O)C(C)(C)COC(=O)c1ccc(C)cc1. The Morgan fingerprint density at radius 2 is 1.71 bits per heavy atom. The van der Waals surface area contributed by atoms with Gasteiger partial charge in [-0.15, -0.1) is 0 Å². The topological polar surface area (TPSA) is 43.4 Å². The van der Waals surface area contributed by atoms with E-state index < -0.39 is 5.41 Å². The summed E-state index contributed by atoms with van der Waals surface area (Å²) >= 11 is 0. The molecule has 0 spiro atoms. The number of ether oxygens (including phenoxy) is 1. The summed E-state index contributed by atoms with van der Waals surface area (Å²) in [7, 11) is 0. The van der Waals surface area contributed by atoms with Crippen LogP contribution in [-0.4, -0.2) is 18.4 Å². The number of carbonyl (C=O) groups excluding carboxylic acids is 2. The predicted octanol–water partition coefficient (Wildman–Crippen LogP) is 2.77. The molecule has 0 heterocycles. The van der Waals surface area contributed by atoms with E-state index in [0.717, 1.165) is 5.56 Å². The molecule has 1 aromatic rings. The molecule has 0 radical (unpaired) electrons. The van der Waals surface area contributed by atoms with Crippen LogP contribution in [0.3, 0.4) is 0 Å². The van der Waals surface area contributed by atoms with Crippen LogP contribution in [-0.2, 0) is 9.53 Å². The second kappa shape index (κ2) is 5.13. The van der Waals surface area contributed by atoms with Gasteiger partial charge in [0.2, 0.25) is 0 Å². The fourth-order valence-corrected chi connectivity index (χ4v) is 1.12.